The maximum absolute atomic E-state index is 12.1. The molecule has 0 bridgehead atoms. The van der Waals surface area contributed by atoms with Gasteiger partial charge in [-0.05, 0) is 69.3 Å². The second-order valence-electron chi connectivity index (χ2n) is 4.65. The Morgan fingerprint density at radius 3 is 2.32 bits per heavy atom. The van der Waals surface area contributed by atoms with Crippen molar-refractivity contribution < 1.29 is 0 Å². The highest BCUT2D eigenvalue weighted by molar-refractivity contribution is 9.13. The van der Waals surface area contributed by atoms with Crippen LogP contribution in [0.15, 0.2) is 32.1 Å². The molecule has 0 aliphatic rings. The minimum atomic E-state index is -0.131. The van der Waals surface area contributed by atoms with Crippen LogP contribution in [0.3, 0.4) is 0 Å². The van der Waals surface area contributed by atoms with Gasteiger partial charge in [0.15, 0.2) is 0 Å². The summed E-state index contributed by atoms with van der Waals surface area (Å²) in [6, 6.07) is 4.25. The third kappa shape index (κ3) is 2.98. The van der Waals surface area contributed by atoms with E-state index < -0.39 is 0 Å². The van der Waals surface area contributed by atoms with Gasteiger partial charge in [0.2, 0.25) is 0 Å². The molecule has 0 atom stereocenters. The molecule has 0 radical (unpaired) electrons. The highest BCUT2D eigenvalue weighted by Gasteiger charge is 2.10. The average Bonchev–Trinajstić information content (AvgIpc) is 2.33. The predicted molar refractivity (Wildman–Crippen MR) is 83.7 cm³/mol. The Balaban J connectivity index is 2.48. The number of hydrogen-bond donors (Lipinski definition) is 0. The number of rotatable bonds is 2. The summed E-state index contributed by atoms with van der Waals surface area (Å²) in [5, 5.41) is 4.17. The van der Waals surface area contributed by atoms with E-state index in [0.29, 0.717) is 15.5 Å². The zero-order valence-corrected chi connectivity index (χ0v) is 14.2. The van der Waals surface area contributed by atoms with Crippen LogP contribution in [0.1, 0.15) is 22.3 Å². The monoisotopic (exact) mass is 384 g/mol. The summed E-state index contributed by atoms with van der Waals surface area (Å²) >= 11 is 6.55. The van der Waals surface area contributed by atoms with E-state index in [1.807, 2.05) is 0 Å². The van der Waals surface area contributed by atoms with Gasteiger partial charge in [-0.25, -0.2) is 4.68 Å². The Kier molecular flexibility index (Phi) is 4.26. The lowest BCUT2D eigenvalue weighted by atomic mass is 10.00. The average molecular weight is 386 g/mol. The van der Waals surface area contributed by atoms with Crippen LogP contribution >= 0.6 is 31.9 Å². The summed E-state index contributed by atoms with van der Waals surface area (Å²) in [7, 11) is 0. The fourth-order valence-electron chi connectivity index (χ4n) is 2.17. The molecule has 19 heavy (non-hydrogen) atoms. The van der Waals surface area contributed by atoms with Crippen LogP contribution in [0, 0.1) is 20.8 Å². The topological polar surface area (TPSA) is 34.9 Å². The molecule has 0 unspecified atom stereocenters. The van der Waals surface area contributed by atoms with Crippen LogP contribution in [0.2, 0.25) is 0 Å². The first-order valence-electron chi connectivity index (χ1n) is 5.88. The van der Waals surface area contributed by atoms with Gasteiger partial charge in [0.05, 0.1) is 17.2 Å². The van der Waals surface area contributed by atoms with E-state index in [0.717, 1.165) is 5.56 Å². The Morgan fingerprint density at radius 1 is 1.16 bits per heavy atom. The third-order valence-corrected chi connectivity index (χ3v) is 4.99. The van der Waals surface area contributed by atoms with Crippen LogP contribution in [0.5, 0.6) is 0 Å². The molecule has 0 amide bonds. The van der Waals surface area contributed by atoms with Crippen LogP contribution < -0.4 is 5.56 Å². The van der Waals surface area contributed by atoms with E-state index in [2.05, 4.69) is 69.9 Å². The predicted octanol–water partition coefficient (Wildman–Crippen LogP) is 3.74. The summed E-state index contributed by atoms with van der Waals surface area (Å²) in [4.78, 5) is 12.1. The van der Waals surface area contributed by atoms with Crippen LogP contribution in [0.4, 0.5) is 0 Å². The molecule has 0 aliphatic heterocycles. The highest BCUT2D eigenvalue weighted by Crippen LogP contribution is 2.19. The SMILES string of the molecule is Cc1cc(C)c(Cn2ncc(Br)c(Br)c2=O)c(C)c1. The number of aryl methyl sites for hydroxylation is 3. The van der Waals surface area contributed by atoms with Crippen molar-refractivity contribution in [2.24, 2.45) is 0 Å². The second-order valence-corrected chi connectivity index (χ2v) is 6.29. The zero-order valence-electron chi connectivity index (χ0n) is 11.0. The van der Waals surface area contributed by atoms with Crippen molar-refractivity contribution >= 4 is 31.9 Å². The minimum absolute atomic E-state index is 0.131. The molecule has 1 aromatic carbocycles. The number of benzene rings is 1. The smallest absolute Gasteiger partial charge is 0.266 e. The molecule has 2 rings (SSSR count). The Bertz CT molecular complexity index is 669. The van der Waals surface area contributed by atoms with Crippen LogP contribution in [-0.2, 0) is 6.54 Å². The molecule has 0 saturated carbocycles. The molecule has 0 N–H and O–H groups in total. The van der Waals surface area contributed by atoms with Crippen molar-refractivity contribution in [3.05, 3.63) is 59.9 Å². The van der Waals surface area contributed by atoms with E-state index in [9.17, 15) is 4.79 Å². The van der Waals surface area contributed by atoms with Crippen molar-refractivity contribution in [1.29, 1.82) is 0 Å². The van der Waals surface area contributed by atoms with E-state index in [1.165, 1.54) is 21.4 Å². The number of hydrogen-bond acceptors (Lipinski definition) is 2. The standard InChI is InChI=1S/C14H14Br2N2O/c1-8-4-9(2)11(10(3)5-8)7-18-14(19)13(16)12(15)6-17-18/h4-6H,7H2,1-3H3. The van der Waals surface area contributed by atoms with Crippen molar-refractivity contribution in [1.82, 2.24) is 9.78 Å². The van der Waals surface area contributed by atoms with Gasteiger partial charge in [0.1, 0.15) is 4.47 Å². The molecule has 0 fully saturated rings. The number of nitrogens with zero attached hydrogens (tertiary/aromatic N) is 2. The first-order chi connectivity index (χ1) is 8.90. The molecule has 5 heteroatoms. The van der Waals surface area contributed by atoms with E-state index in [1.54, 1.807) is 6.20 Å². The van der Waals surface area contributed by atoms with Gasteiger partial charge >= 0.3 is 0 Å². The molecule has 2 aromatic rings. The summed E-state index contributed by atoms with van der Waals surface area (Å²) < 4.78 is 2.65. The van der Waals surface area contributed by atoms with E-state index in [4.69, 9.17) is 0 Å². The minimum Gasteiger partial charge on any atom is -0.266 e. The molecule has 1 aromatic heterocycles. The molecule has 0 spiro atoms. The maximum atomic E-state index is 12.1. The lowest BCUT2D eigenvalue weighted by Crippen LogP contribution is -2.24. The Labute approximate surface area is 128 Å². The van der Waals surface area contributed by atoms with Gasteiger partial charge in [0.25, 0.3) is 5.56 Å². The second kappa shape index (κ2) is 5.59. The lowest BCUT2D eigenvalue weighted by Gasteiger charge is -2.12. The first kappa shape index (κ1) is 14.5. The van der Waals surface area contributed by atoms with Crippen molar-refractivity contribution in [2.45, 2.75) is 27.3 Å². The first-order valence-corrected chi connectivity index (χ1v) is 7.46. The van der Waals surface area contributed by atoms with Gasteiger partial charge < -0.3 is 0 Å². The third-order valence-electron chi connectivity index (χ3n) is 3.09. The summed E-state index contributed by atoms with van der Waals surface area (Å²) in [6.07, 6.45) is 1.63. The molecule has 100 valence electrons. The van der Waals surface area contributed by atoms with E-state index in [-0.39, 0.29) is 5.56 Å². The van der Waals surface area contributed by atoms with Gasteiger partial charge in [-0.3, -0.25) is 4.79 Å². The number of aromatic nitrogens is 2. The summed E-state index contributed by atoms with van der Waals surface area (Å²) in [6.45, 7) is 6.69. The molecule has 3 nitrogen and oxygen atoms in total. The molecule has 0 saturated heterocycles. The van der Waals surface area contributed by atoms with Crippen molar-refractivity contribution in [2.75, 3.05) is 0 Å². The number of halogens is 2. The van der Waals surface area contributed by atoms with Gasteiger partial charge in [-0.1, -0.05) is 17.7 Å². The largest absolute Gasteiger partial charge is 0.282 e. The quantitative estimate of drug-likeness (QED) is 0.789. The van der Waals surface area contributed by atoms with Crippen molar-refractivity contribution in [3.8, 4) is 0 Å². The molecular weight excluding hydrogens is 372 g/mol. The van der Waals surface area contributed by atoms with Gasteiger partial charge in [-0.2, -0.15) is 5.10 Å². The lowest BCUT2D eigenvalue weighted by molar-refractivity contribution is 0.628. The zero-order chi connectivity index (χ0) is 14.2. The van der Waals surface area contributed by atoms with Gasteiger partial charge in [-0.15, -0.1) is 0 Å². The Hall–Kier alpha value is -0.940. The fourth-order valence-corrected chi connectivity index (χ4v) is 2.73. The van der Waals surface area contributed by atoms with Crippen molar-refractivity contribution in [3.63, 3.8) is 0 Å². The van der Waals surface area contributed by atoms with Crippen LogP contribution in [0.25, 0.3) is 0 Å². The highest BCUT2D eigenvalue weighted by atomic mass is 79.9. The fraction of sp³-hybridized carbons (Fsp3) is 0.286. The summed E-state index contributed by atoms with van der Waals surface area (Å²) in [5.41, 5.74) is 4.62. The molecular formula is C14H14Br2N2O. The molecule has 0 aliphatic carbocycles. The maximum Gasteiger partial charge on any atom is 0.282 e. The Morgan fingerprint density at radius 2 is 1.74 bits per heavy atom. The van der Waals surface area contributed by atoms with E-state index >= 15 is 0 Å². The van der Waals surface area contributed by atoms with Gasteiger partial charge in [0, 0.05) is 0 Å². The van der Waals surface area contributed by atoms with Crippen LogP contribution in [-0.4, -0.2) is 9.78 Å². The normalized spacial score (nSPS) is 10.8. The summed E-state index contributed by atoms with van der Waals surface area (Å²) in [5.74, 6) is 0. The molecule has 1 heterocycles.